The third kappa shape index (κ3) is 4.45. The van der Waals surface area contributed by atoms with Crippen molar-refractivity contribution in [2.75, 3.05) is 13.4 Å². The van der Waals surface area contributed by atoms with Gasteiger partial charge in [-0.05, 0) is 42.8 Å². The van der Waals surface area contributed by atoms with Crippen molar-refractivity contribution in [2.45, 2.75) is 6.92 Å². The highest BCUT2D eigenvalue weighted by atomic mass is 32.2. The van der Waals surface area contributed by atoms with Gasteiger partial charge in [-0.2, -0.15) is 0 Å². The van der Waals surface area contributed by atoms with E-state index in [1.807, 2.05) is 4.72 Å². The Morgan fingerprint density at radius 1 is 1.12 bits per heavy atom. The summed E-state index contributed by atoms with van der Waals surface area (Å²) in [7, 11) is -2.34. The lowest BCUT2D eigenvalue weighted by molar-refractivity contribution is 0.0978. The second-order valence-electron chi connectivity index (χ2n) is 5.08. The van der Waals surface area contributed by atoms with Crippen LogP contribution in [-0.4, -0.2) is 27.7 Å². The number of hydrogen-bond donors (Lipinski definition) is 1. The van der Waals surface area contributed by atoms with E-state index >= 15 is 0 Å². The summed E-state index contributed by atoms with van der Waals surface area (Å²) in [6.07, 6.45) is 0.881. The smallest absolute Gasteiger partial charge is 0.268 e. The number of rotatable bonds is 5. The van der Waals surface area contributed by atoms with Gasteiger partial charge in [-0.25, -0.2) is 17.5 Å². The minimum Gasteiger partial charge on any atom is -0.496 e. The van der Waals surface area contributed by atoms with Crippen molar-refractivity contribution in [3.8, 4) is 17.2 Å². The molecule has 0 unspecified atom stereocenters. The number of carbonyl (C=O) groups excluding carboxylic acids is 1. The molecule has 0 aromatic heterocycles. The average molecular weight is 353 g/mol. The predicted molar refractivity (Wildman–Crippen MR) is 86.5 cm³/mol. The SMILES string of the molecule is COc1cc(Oc2ccc(F)c(C)c2)ccc1C(=O)NS(C)(=O)=O. The summed E-state index contributed by atoms with van der Waals surface area (Å²) in [5, 5.41) is 0. The van der Waals surface area contributed by atoms with Gasteiger partial charge in [-0.3, -0.25) is 4.79 Å². The molecule has 0 heterocycles. The molecule has 2 aromatic rings. The molecule has 24 heavy (non-hydrogen) atoms. The Morgan fingerprint density at radius 3 is 2.33 bits per heavy atom. The van der Waals surface area contributed by atoms with Crippen LogP contribution in [0.2, 0.25) is 0 Å². The van der Waals surface area contributed by atoms with Gasteiger partial charge in [-0.15, -0.1) is 0 Å². The molecule has 128 valence electrons. The molecule has 1 N–H and O–H groups in total. The molecule has 0 saturated heterocycles. The van der Waals surface area contributed by atoms with Gasteiger partial charge in [-0.1, -0.05) is 0 Å². The van der Waals surface area contributed by atoms with Gasteiger partial charge >= 0.3 is 0 Å². The zero-order chi connectivity index (χ0) is 17.9. The van der Waals surface area contributed by atoms with E-state index in [1.165, 1.54) is 43.5 Å². The molecule has 0 atom stereocenters. The van der Waals surface area contributed by atoms with Gasteiger partial charge in [0.2, 0.25) is 10.0 Å². The van der Waals surface area contributed by atoms with E-state index in [9.17, 15) is 17.6 Å². The first-order chi connectivity index (χ1) is 11.2. The second kappa shape index (κ2) is 6.88. The van der Waals surface area contributed by atoms with Crippen molar-refractivity contribution in [3.63, 3.8) is 0 Å². The fourth-order valence-corrected chi connectivity index (χ4v) is 2.41. The summed E-state index contributed by atoms with van der Waals surface area (Å²) < 4.78 is 48.1. The Kier molecular flexibility index (Phi) is 5.08. The lowest BCUT2D eigenvalue weighted by Gasteiger charge is -2.12. The normalized spacial score (nSPS) is 11.0. The molecule has 2 aromatic carbocycles. The first-order valence-electron chi connectivity index (χ1n) is 6.84. The Balaban J connectivity index is 2.28. The number of nitrogens with one attached hydrogen (secondary N) is 1. The van der Waals surface area contributed by atoms with Gasteiger partial charge in [0, 0.05) is 6.07 Å². The lowest BCUT2D eigenvalue weighted by Crippen LogP contribution is -2.29. The largest absolute Gasteiger partial charge is 0.496 e. The van der Waals surface area contributed by atoms with Crippen LogP contribution in [0.15, 0.2) is 36.4 Å². The molecule has 1 amide bonds. The summed E-state index contributed by atoms with van der Waals surface area (Å²) >= 11 is 0. The molecular weight excluding hydrogens is 337 g/mol. The number of ether oxygens (including phenoxy) is 2. The molecule has 2 rings (SSSR count). The maximum absolute atomic E-state index is 13.3. The molecule has 0 radical (unpaired) electrons. The number of methoxy groups -OCH3 is 1. The van der Waals surface area contributed by atoms with E-state index in [2.05, 4.69) is 0 Å². The third-order valence-corrected chi connectivity index (χ3v) is 3.62. The van der Waals surface area contributed by atoms with Gasteiger partial charge < -0.3 is 9.47 Å². The summed E-state index contributed by atoms with van der Waals surface area (Å²) in [5.74, 6) is -0.225. The highest BCUT2D eigenvalue weighted by molar-refractivity contribution is 7.89. The Hall–Kier alpha value is -2.61. The van der Waals surface area contributed by atoms with Crippen molar-refractivity contribution in [2.24, 2.45) is 0 Å². The minimum atomic E-state index is -3.69. The van der Waals surface area contributed by atoms with Crippen molar-refractivity contribution in [1.82, 2.24) is 4.72 Å². The van der Waals surface area contributed by atoms with Crippen LogP contribution in [0.5, 0.6) is 17.2 Å². The zero-order valence-corrected chi connectivity index (χ0v) is 14.1. The molecule has 8 heteroatoms. The number of amides is 1. The Labute approximate surface area is 139 Å². The van der Waals surface area contributed by atoms with Crippen LogP contribution < -0.4 is 14.2 Å². The zero-order valence-electron chi connectivity index (χ0n) is 13.3. The van der Waals surface area contributed by atoms with Crippen molar-refractivity contribution < 1.29 is 27.1 Å². The van der Waals surface area contributed by atoms with E-state index < -0.39 is 15.9 Å². The van der Waals surface area contributed by atoms with Crippen LogP contribution in [0.25, 0.3) is 0 Å². The van der Waals surface area contributed by atoms with E-state index in [4.69, 9.17) is 9.47 Å². The van der Waals surface area contributed by atoms with Crippen LogP contribution in [0.4, 0.5) is 4.39 Å². The maximum atomic E-state index is 13.3. The quantitative estimate of drug-likeness (QED) is 0.894. The monoisotopic (exact) mass is 353 g/mol. The molecule has 0 aliphatic carbocycles. The van der Waals surface area contributed by atoms with Crippen LogP contribution >= 0.6 is 0 Å². The molecular formula is C16H16FNO5S. The van der Waals surface area contributed by atoms with E-state index in [-0.39, 0.29) is 17.1 Å². The molecule has 0 spiro atoms. The van der Waals surface area contributed by atoms with E-state index in [0.29, 0.717) is 17.1 Å². The Bertz CT molecular complexity index is 880. The topological polar surface area (TPSA) is 81.7 Å². The summed E-state index contributed by atoms with van der Waals surface area (Å²) in [6.45, 7) is 1.61. The molecule has 6 nitrogen and oxygen atoms in total. The summed E-state index contributed by atoms with van der Waals surface area (Å²) in [4.78, 5) is 11.9. The summed E-state index contributed by atoms with van der Waals surface area (Å²) in [5.41, 5.74) is 0.481. The van der Waals surface area contributed by atoms with Crippen molar-refractivity contribution >= 4 is 15.9 Å². The number of aryl methyl sites for hydroxylation is 1. The van der Waals surface area contributed by atoms with Crippen LogP contribution in [-0.2, 0) is 10.0 Å². The average Bonchev–Trinajstić information content (AvgIpc) is 2.49. The van der Waals surface area contributed by atoms with Crippen LogP contribution in [0.1, 0.15) is 15.9 Å². The second-order valence-corrected chi connectivity index (χ2v) is 6.83. The lowest BCUT2D eigenvalue weighted by atomic mass is 10.2. The van der Waals surface area contributed by atoms with Crippen LogP contribution in [0, 0.1) is 12.7 Å². The van der Waals surface area contributed by atoms with Gasteiger partial charge in [0.25, 0.3) is 5.91 Å². The number of sulfonamides is 1. The fourth-order valence-electron chi connectivity index (χ4n) is 1.96. The van der Waals surface area contributed by atoms with Crippen molar-refractivity contribution in [3.05, 3.63) is 53.3 Å². The fraction of sp³-hybridized carbons (Fsp3) is 0.188. The number of benzene rings is 2. The number of hydrogen-bond acceptors (Lipinski definition) is 5. The van der Waals surface area contributed by atoms with Gasteiger partial charge in [0.1, 0.15) is 23.1 Å². The first kappa shape index (κ1) is 17.7. The Morgan fingerprint density at radius 2 is 1.75 bits per heavy atom. The van der Waals surface area contributed by atoms with Crippen LogP contribution in [0.3, 0.4) is 0 Å². The van der Waals surface area contributed by atoms with Gasteiger partial charge in [0.15, 0.2) is 0 Å². The highest BCUT2D eigenvalue weighted by Crippen LogP contribution is 2.29. The molecule has 0 aliphatic heterocycles. The van der Waals surface area contributed by atoms with E-state index in [1.54, 1.807) is 6.92 Å². The van der Waals surface area contributed by atoms with E-state index in [0.717, 1.165) is 6.26 Å². The highest BCUT2D eigenvalue weighted by Gasteiger charge is 2.17. The molecule has 0 aliphatic rings. The number of halogens is 1. The standard InChI is InChI=1S/C16H16FNO5S/c1-10-8-11(5-7-14(10)17)23-12-4-6-13(15(9-12)22-2)16(19)18-24(3,20)21/h4-9H,1-3H3,(H,18,19). The van der Waals surface area contributed by atoms with Gasteiger partial charge in [0.05, 0.1) is 18.9 Å². The minimum absolute atomic E-state index is 0.0468. The molecule has 0 fully saturated rings. The third-order valence-electron chi connectivity index (χ3n) is 3.06. The number of carbonyl (C=O) groups is 1. The maximum Gasteiger partial charge on any atom is 0.268 e. The van der Waals surface area contributed by atoms with Crippen molar-refractivity contribution in [1.29, 1.82) is 0 Å². The first-order valence-corrected chi connectivity index (χ1v) is 8.73. The summed E-state index contributed by atoms with van der Waals surface area (Å²) in [6, 6.07) is 8.60. The molecule has 0 saturated carbocycles. The molecule has 0 bridgehead atoms. The predicted octanol–water partition coefficient (Wildman–Crippen LogP) is 2.62.